The van der Waals surface area contributed by atoms with Crippen LogP contribution >= 0.6 is 0 Å². The first-order valence-electron chi connectivity index (χ1n) is 24.3. The lowest BCUT2D eigenvalue weighted by Crippen LogP contribution is -2.68. The van der Waals surface area contributed by atoms with Gasteiger partial charge >= 0.3 is 5.97 Å². The molecule has 0 aromatic heterocycles. The van der Waals surface area contributed by atoms with Crippen LogP contribution in [0.3, 0.4) is 0 Å². The van der Waals surface area contributed by atoms with E-state index in [0.717, 1.165) is 24.8 Å². The van der Waals surface area contributed by atoms with Gasteiger partial charge in [0.1, 0.15) is 67.1 Å². The Balaban J connectivity index is 1.06. The van der Waals surface area contributed by atoms with E-state index in [2.05, 4.69) is 40.7 Å². The summed E-state index contributed by atoms with van der Waals surface area (Å²) in [4.78, 5) is 14.7. The summed E-state index contributed by atoms with van der Waals surface area (Å²) in [6, 6.07) is 0. The molecule has 24 atom stereocenters. The van der Waals surface area contributed by atoms with Crippen LogP contribution in [-0.4, -0.2) is 180 Å². The fourth-order valence-electron chi connectivity index (χ4n) is 15.0. The quantitative estimate of drug-likeness (QED) is 0.0877. The van der Waals surface area contributed by atoms with E-state index in [-0.39, 0.29) is 22.7 Å². The van der Waals surface area contributed by atoms with Crippen molar-refractivity contribution in [2.24, 2.45) is 50.2 Å². The summed E-state index contributed by atoms with van der Waals surface area (Å²) in [6.07, 6.45) is -15.6. The Morgan fingerprint density at radius 3 is 1.88 bits per heavy atom. The van der Waals surface area contributed by atoms with Gasteiger partial charge in [0.2, 0.25) is 6.29 Å². The molecule has 7 fully saturated rings. The lowest BCUT2D eigenvalue weighted by Gasteiger charge is -2.71. The number of carbonyl (C=O) groups excluding carboxylic acids is 1. The van der Waals surface area contributed by atoms with E-state index in [1.807, 2.05) is 13.8 Å². The van der Waals surface area contributed by atoms with Crippen molar-refractivity contribution < 1.29 is 89.4 Å². The Labute approximate surface area is 387 Å². The first-order chi connectivity index (χ1) is 30.7. The van der Waals surface area contributed by atoms with Gasteiger partial charge in [-0.25, -0.2) is 0 Å². The molecule has 0 bridgehead atoms. The van der Waals surface area contributed by atoms with Crippen molar-refractivity contribution >= 4 is 5.97 Å². The van der Waals surface area contributed by atoms with Crippen molar-refractivity contribution in [1.29, 1.82) is 0 Å². The number of allylic oxidation sites excluding steroid dienone is 1. The molecule has 8 rings (SSSR count). The molecule has 0 aromatic rings. The average molecular weight is 943 g/mol. The number of aliphatic hydroxyl groups is 11. The lowest BCUT2D eigenvalue weighted by molar-refractivity contribution is -0.376. The van der Waals surface area contributed by atoms with E-state index in [4.69, 9.17) is 28.4 Å². The van der Waals surface area contributed by atoms with Crippen molar-refractivity contribution in [1.82, 2.24) is 0 Å². The predicted octanol–water partition coefficient (Wildman–Crippen LogP) is 0.139. The second kappa shape index (κ2) is 17.7. The van der Waals surface area contributed by atoms with Crippen molar-refractivity contribution in [2.75, 3.05) is 13.2 Å². The van der Waals surface area contributed by atoms with Crippen molar-refractivity contribution in [3.8, 4) is 0 Å². The van der Waals surface area contributed by atoms with Gasteiger partial charge in [0.15, 0.2) is 12.6 Å². The zero-order valence-electron chi connectivity index (χ0n) is 39.7. The van der Waals surface area contributed by atoms with Gasteiger partial charge in [-0.15, -0.1) is 0 Å². The Morgan fingerprint density at radius 2 is 1.23 bits per heavy atom. The number of rotatable bonds is 8. The maximum Gasteiger partial charge on any atom is 0.315 e. The molecule has 18 nitrogen and oxygen atoms in total. The van der Waals surface area contributed by atoms with Crippen LogP contribution in [0, 0.1) is 50.2 Å². The third-order valence-electron chi connectivity index (χ3n) is 19.5. The van der Waals surface area contributed by atoms with E-state index in [0.29, 0.717) is 38.5 Å². The lowest BCUT2D eigenvalue weighted by atomic mass is 9.33. The first-order valence-corrected chi connectivity index (χ1v) is 24.3. The summed E-state index contributed by atoms with van der Waals surface area (Å²) in [5.41, 5.74) is -2.06. The van der Waals surface area contributed by atoms with Gasteiger partial charge in [-0.2, -0.15) is 0 Å². The molecule has 11 N–H and O–H groups in total. The summed E-state index contributed by atoms with van der Waals surface area (Å²) in [5.74, 6) is -0.941. The number of aliphatic hydroxyl groups excluding tert-OH is 11. The van der Waals surface area contributed by atoms with Crippen LogP contribution in [0.1, 0.15) is 113 Å². The van der Waals surface area contributed by atoms with Gasteiger partial charge in [0.25, 0.3) is 0 Å². The molecule has 3 aliphatic heterocycles. The van der Waals surface area contributed by atoms with Gasteiger partial charge in [-0.1, -0.05) is 60.1 Å². The smallest absolute Gasteiger partial charge is 0.315 e. The van der Waals surface area contributed by atoms with Crippen LogP contribution in [0.15, 0.2) is 11.6 Å². The summed E-state index contributed by atoms with van der Waals surface area (Å²) >= 11 is 0. The second-order valence-electron chi connectivity index (χ2n) is 23.4. The van der Waals surface area contributed by atoms with E-state index in [9.17, 15) is 61.0 Å². The molecule has 4 saturated carbocycles. The maximum atomic E-state index is 14.7. The van der Waals surface area contributed by atoms with Crippen LogP contribution in [0.25, 0.3) is 0 Å². The zero-order valence-corrected chi connectivity index (χ0v) is 39.7. The SMILES string of the molecule is C[C@@H]1O[C@@H](O[C@H]2[C@H](O[C@H]3CC[C@]4(C)[C@H]5CC=C6[C@@H]7[C@H](O)C(C)(C)CC[C@]7(C(=O)O[C@@H]7O[C@H](CO)[C@@H](O)[C@H](O)[C@H]7O)CC[C@@]6(C)[C@]5(C)CC[C@H]4C3(C)C)O[C@H](CO)[C@@H](O)[C@@H]2O)[C@H](O)[C@H](O)[C@H]1O. The van der Waals surface area contributed by atoms with E-state index in [1.165, 1.54) is 6.92 Å². The van der Waals surface area contributed by atoms with Crippen LogP contribution in [0.5, 0.6) is 0 Å². The summed E-state index contributed by atoms with van der Waals surface area (Å²) in [5, 5.41) is 118. The topological polar surface area (TPSA) is 295 Å². The minimum atomic E-state index is -1.75. The highest BCUT2D eigenvalue weighted by atomic mass is 16.8. The molecule has 18 heteroatoms. The van der Waals surface area contributed by atoms with E-state index in [1.54, 1.807) is 0 Å². The standard InChI is InChI=1S/C48H78O18/c1-21-29(51)32(54)35(57)39(61-21)65-37-34(56)31(53)24(20-50)63-41(37)64-27-12-13-45(6)25(44(27,4)5)11-14-47(8)26(45)10-9-22-28-38(59)43(2,3)15-17-48(28,18-16-46(22,47)7)42(60)66-40-36(58)33(55)30(52)23(19-49)62-40/h9,21,23-41,49-59H,10-20H2,1-8H3/t21-,23+,24+,25-,26+,27-,28+,29-,30+,31+,32+,33-,34-,35+,36+,37+,38-,39-,40-,41-,45-,46+,47+,48-/m0/s1. The van der Waals surface area contributed by atoms with Crippen molar-refractivity contribution in [3.05, 3.63) is 11.6 Å². The highest BCUT2D eigenvalue weighted by molar-refractivity contribution is 5.79. The summed E-state index contributed by atoms with van der Waals surface area (Å²) in [7, 11) is 0. The predicted molar refractivity (Wildman–Crippen MR) is 230 cm³/mol. The van der Waals surface area contributed by atoms with Crippen LogP contribution in [0.2, 0.25) is 0 Å². The Kier molecular flexibility index (Phi) is 13.7. The van der Waals surface area contributed by atoms with Gasteiger partial charge < -0.3 is 84.6 Å². The van der Waals surface area contributed by atoms with Crippen LogP contribution in [-0.2, 0) is 33.2 Å². The molecule has 0 aromatic carbocycles. The van der Waals surface area contributed by atoms with E-state index < -0.39 is 151 Å². The molecule has 0 spiro atoms. The third-order valence-corrected chi connectivity index (χ3v) is 19.5. The van der Waals surface area contributed by atoms with Gasteiger partial charge in [-0.05, 0) is 104 Å². The van der Waals surface area contributed by atoms with E-state index >= 15 is 0 Å². The summed E-state index contributed by atoms with van der Waals surface area (Å²) in [6.45, 7) is 15.6. The fraction of sp³-hybridized carbons (Fsp3) is 0.938. The molecular weight excluding hydrogens is 865 g/mol. The van der Waals surface area contributed by atoms with Crippen LogP contribution in [0.4, 0.5) is 0 Å². The largest absolute Gasteiger partial charge is 0.432 e. The van der Waals surface area contributed by atoms with Gasteiger partial charge in [0.05, 0.1) is 36.9 Å². The molecule has 0 radical (unpaired) electrons. The molecule has 0 unspecified atom stereocenters. The average Bonchev–Trinajstić information content (AvgIpc) is 3.26. The first kappa shape index (κ1) is 50.9. The highest BCUT2D eigenvalue weighted by Crippen LogP contribution is 2.76. The monoisotopic (exact) mass is 943 g/mol. The molecule has 66 heavy (non-hydrogen) atoms. The maximum absolute atomic E-state index is 14.7. The molecule has 378 valence electrons. The minimum Gasteiger partial charge on any atom is -0.432 e. The highest BCUT2D eigenvalue weighted by Gasteiger charge is 2.71. The summed E-state index contributed by atoms with van der Waals surface area (Å²) < 4.78 is 36.2. The zero-order chi connectivity index (χ0) is 48.4. The van der Waals surface area contributed by atoms with Crippen molar-refractivity contribution in [2.45, 2.75) is 218 Å². The normalized spacial score (nSPS) is 54.4. The minimum absolute atomic E-state index is 0.129. The Morgan fingerprint density at radius 1 is 0.636 bits per heavy atom. The van der Waals surface area contributed by atoms with Gasteiger partial charge in [0, 0.05) is 5.92 Å². The molecule has 8 aliphatic rings. The number of fused-ring (bicyclic) bond motifs is 7. The van der Waals surface area contributed by atoms with Crippen molar-refractivity contribution in [3.63, 3.8) is 0 Å². The molecule has 0 amide bonds. The van der Waals surface area contributed by atoms with Crippen LogP contribution < -0.4 is 0 Å². The molecular formula is C48H78O18. The molecule has 3 heterocycles. The fourth-order valence-corrected chi connectivity index (χ4v) is 15.0. The third kappa shape index (κ3) is 7.61. The number of hydrogen-bond acceptors (Lipinski definition) is 18. The Bertz CT molecular complexity index is 1810. The number of hydrogen-bond donors (Lipinski definition) is 11. The molecule has 5 aliphatic carbocycles. The Hall–Kier alpha value is -1.43. The second-order valence-corrected chi connectivity index (χ2v) is 23.4. The van der Waals surface area contributed by atoms with Gasteiger partial charge in [-0.3, -0.25) is 4.79 Å². The number of esters is 1. The number of carbonyl (C=O) groups is 1. The number of ether oxygens (including phenoxy) is 6. The molecule has 3 saturated heterocycles.